The summed E-state index contributed by atoms with van der Waals surface area (Å²) in [6, 6.07) is 12.9. The zero-order chi connectivity index (χ0) is 18.0. The summed E-state index contributed by atoms with van der Waals surface area (Å²) in [6.07, 6.45) is 0. The third kappa shape index (κ3) is 3.50. The highest BCUT2D eigenvalue weighted by Crippen LogP contribution is 2.29. The number of amides is 1. The number of aryl methyl sites for hydroxylation is 1. The summed E-state index contributed by atoms with van der Waals surface area (Å²) in [6.45, 7) is -1.37. The van der Waals surface area contributed by atoms with E-state index in [0.29, 0.717) is 16.3 Å². The third-order valence-corrected chi connectivity index (χ3v) is 3.69. The first kappa shape index (κ1) is 16.6. The van der Waals surface area contributed by atoms with E-state index < -0.39 is 18.1 Å². The Morgan fingerprint density at radius 1 is 1.16 bits per heavy atom. The van der Waals surface area contributed by atoms with Crippen molar-refractivity contribution in [2.24, 2.45) is 0 Å². The molecule has 3 rings (SSSR count). The Hall–Kier alpha value is -3.22. The number of pyridine rings is 1. The molecule has 7 heteroatoms. The highest BCUT2D eigenvalue weighted by Gasteiger charge is 2.16. The molecule has 3 aromatic rings. The smallest absolute Gasteiger partial charge is 0.387 e. The van der Waals surface area contributed by atoms with Gasteiger partial charge in [-0.15, -0.1) is 0 Å². The molecule has 0 bridgehead atoms. The second-order valence-electron chi connectivity index (χ2n) is 5.38. The molecule has 0 radical (unpaired) electrons. The molecule has 1 amide bonds. The fourth-order valence-electron chi connectivity index (χ4n) is 2.51. The van der Waals surface area contributed by atoms with E-state index >= 15 is 0 Å². The quantitative estimate of drug-likeness (QED) is 0.758. The summed E-state index contributed by atoms with van der Waals surface area (Å²) < 4.78 is 29.5. The molecule has 0 saturated heterocycles. The Bertz CT molecular complexity index is 999. The van der Waals surface area contributed by atoms with Gasteiger partial charge < -0.3 is 15.0 Å². The minimum atomic E-state index is -3.02. The zero-order valence-corrected chi connectivity index (χ0v) is 13.2. The van der Waals surface area contributed by atoms with Crippen molar-refractivity contribution in [1.82, 2.24) is 4.98 Å². The Morgan fingerprint density at radius 3 is 2.68 bits per heavy atom. The molecule has 0 aliphatic rings. The average molecular weight is 344 g/mol. The maximum atomic E-state index is 12.5. The van der Waals surface area contributed by atoms with Crippen LogP contribution in [0.1, 0.15) is 16.1 Å². The van der Waals surface area contributed by atoms with Gasteiger partial charge in [-0.2, -0.15) is 8.78 Å². The van der Waals surface area contributed by atoms with Crippen molar-refractivity contribution >= 4 is 22.4 Å². The number of carbonyl (C=O) groups excluding carboxylic acids is 1. The van der Waals surface area contributed by atoms with Crippen molar-refractivity contribution in [1.29, 1.82) is 0 Å². The van der Waals surface area contributed by atoms with Crippen molar-refractivity contribution in [3.05, 3.63) is 70.1 Å². The van der Waals surface area contributed by atoms with Crippen LogP contribution in [0.25, 0.3) is 10.8 Å². The van der Waals surface area contributed by atoms with Gasteiger partial charge in [0.1, 0.15) is 11.4 Å². The number of carbonyl (C=O) groups is 1. The Balaban J connectivity index is 1.97. The molecule has 2 aromatic carbocycles. The molecule has 1 aromatic heterocycles. The van der Waals surface area contributed by atoms with Gasteiger partial charge in [0.2, 0.25) is 0 Å². The van der Waals surface area contributed by atoms with Gasteiger partial charge in [0.25, 0.3) is 11.5 Å². The Kier molecular flexibility index (Phi) is 4.47. The average Bonchev–Trinajstić information content (AvgIpc) is 2.57. The number of nitrogens with one attached hydrogen (secondary N) is 2. The van der Waals surface area contributed by atoms with Crippen LogP contribution >= 0.6 is 0 Å². The van der Waals surface area contributed by atoms with Crippen molar-refractivity contribution in [2.75, 3.05) is 5.32 Å². The normalized spacial score (nSPS) is 10.9. The minimum Gasteiger partial charge on any atom is -0.433 e. The largest absolute Gasteiger partial charge is 0.433 e. The number of ether oxygens (including phenoxy) is 1. The number of hydrogen-bond donors (Lipinski definition) is 2. The van der Waals surface area contributed by atoms with Gasteiger partial charge in [0, 0.05) is 5.39 Å². The summed E-state index contributed by atoms with van der Waals surface area (Å²) in [4.78, 5) is 27.0. The lowest BCUT2D eigenvalue weighted by Gasteiger charge is -2.14. The van der Waals surface area contributed by atoms with Gasteiger partial charge in [-0.05, 0) is 36.1 Å². The van der Waals surface area contributed by atoms with Crippen LogP contribution in [0.4, 0.5) is 14.5 Å². The van der Waals surface area contributed by atoms with Crippen LogP contribution in [0, 0.1) is 6.92 Å². The van der Waals surface area contributed by atoms with Gasteiger partial charge in [-0.3, -0.25) is 9.59 Å². The molecule has 0 saturated carbocycles. The maximum Gasteiger partial charge on any atom is 0.387 e. The van der Waals surface area contributed by atoms with E-state index in [1.54, 1.807) is 43.3 Å². The molecule has 0 aliphatic carbocycles. The highest BCUT2D eigenvalue weighted by atomic mass is 19.3. The summed E-state index contributed by atoms with van der Waals surface area (Å²) in [5.41, 5.74) is 0.295. The molecule has 128 valence electrons. The first-order valence-electron chi connectivity index (χ1n) is 7.43. The van der Waals surface area contributed by atoms with Gasteiger partial charge in [0.15, 0.2) is 0 Å². The number of hydrogen-bond acceptors (Lipinski definition) is 3. The van der Waals surface area contributed by atoms with E-state index in [1.807, 2.05) is 0 Å². The maximum absolute atomic E-state index is 12.5. The van der Waals surface area contributed by atoms with Crippen LogP contribution in [-0.4, -0.2) is 17.5 Å². The molecule has 0 fully saturated rings. The number of rotatable bonds is 4. The van der Waals surface area contributed by atoms with Crippen LogP contribution < -0.4 is 15.6 Å². The zero-order valence-electron chi connectivity index (χ0n) is 13.2. The van der Waals surface area contributed by atoms with E-state index in [2.05, 4.69) is 15.0 Å². The van der Waals surface area contributed by atoms with Gasteiger partial charge in [-0.25, -0.2) is 0 Å². The molecular formula is C18H14F2N2O3. The number of H-pyrrole nitrogens is 1. The van der Waals surface area contributed by atoms with Crippen LogP contribution in [0.5, 0.6) is 5.75 Å². The third-order valence-electron chi connectivity index (χ3n) is 3.69. The molecule has 25 heavy (non-hydrogen) atoms. The van der Waals surface area contributed by atoms with E-state index in [-0.39, 0.29) is 17.1 Å². The second-order valence-corrected chi connectivity index (χ2v) is 5.38. The number of para-hydroxylation sites is 1. The number of alkyl halides is 2. The van der Waals surface area contributed by atoms with E-state index in [9.17, 15) is 18.4 Å². The summed E-state index contributed by atoms with van der Waals surface area (Å²) in [7, 11) is 0. The summed E-state index contributed by atoms with van der Waals surface area (Å²) >= 11 is 0. The van der Waals surface area contributed by atoms with Crippen LogP contribution in [0.2, 0.25) is 0 Å². The summed E-state index contributed by atoms with van der Waals surface area (Å²) in [5, 5.41) is 3.58. The lowest BCUT2D eigenvalue weighted by atomic mass is 10.1. The van der Waals surface area contributed by atoms with Crippen LogP contribution in [0.3, 0.4) is 0 Å². The number of anilines is 1. The van der Waals surface area contributed by atoms with E-state index in [1.165, 1.54) is 12.1 Å². The van der Waals surface area contributed by atoms with Crippen molar-refractivity contribution < 1.29 is 18.3 Å². The lowest BCUT2D eigenvalue weighted by Crippen LogP contribution is -2.20. The van der Waals surface area contributed by atoms with Gasteiger partial charge >= 0.3 is 6.61 Å². The predicted octanol–water partition coefficient (Wildman–Crippen LogP) is 3.69. The second kappa shape index (κ2) is 6.72. The number of halogens is 2. The fourth-order valence-corrected chi connectivity index (χ4v) is 2.51. The van der Waals surface area contributed by atoms with Gasteiger partial charge in [-0.1, -0.05) is 30.3 Å². The molecule has 2 N–H and O–H groups in total. The van der Waals surface area contributed by atoms with Crippen LogP contribution in [-0.2, 0) is 0 Å². The standard InChI is InChI=1S/C18H14F2N2O3/c1-10-5-4-8-14(25-18(19)20)15(10)22-17(24)13-9-11-6-2-3-7-12(11)16(23)21-13/h2-9,18H,1H3,(H,21,23)(H,22,24). The Morgan fingerprint density at radius 2 is 1.92 bits per heavy atom. The number of aromatic nitrogens is 1. The minimum absolute atomic E-state index is 0.0231. The SMILES string of the molecule is Cc1cccc(OC(F)F)c1NC(=O)c1cc2ccccc2c(=O)[nH]1. The molecule has 0 atom stereocenters. The molecule has 0 spiro atoms. The lowest BCUT2D eigenvalue weighted by molar-refractivity contribution is -0.0493. The fraction of sp³-hybridized carbons (Fsp3) is 0.111. The molecular weight excluding hydrogens is 330 g/mol. The Labute approximate surface area is 141 Å². The van der Waals surface area contributed by atoms with Crippen LogP contribution in [0.15, 0.2) is 53.3 Å². The number of fused-ring (bicyclic) bond motifs is 1. The number of benzene rings is 2. The van der Waals surface area contributed by atoms with Crippen molar-refractivity contribution in [3.8, 4) is 5.75 Å². The van der Waals surface area contributed by atoms with E-state index in [4.69, 9.17) is 0 Å². The molecule has 0 aliphatic heterocycles. The molecule has 0 unspecified atom stereocenters. The van der Waals surface area contributed by atoms with E-state index in [0.717, 1.165) is 0 Å². The summed E-state index contributed by atoms with van der Waals surface area (Å²) in [5.74, 6) is -0.775. The molecule has 5 nitrogen and oxygen atoms in total. The number of aromatic amines is 1. The van der Waals surface area contributed by atoms with Crippen molar-refractivity contribution in [3.63, 3.8) is 0 Å². The first-order valence-corrected chi connectivity index (χ1v) is 7.43. The first-order chi connectivity index (χ1) is 12.0. The van der Waals surface area contributed by atoms with Crippen molar-refractivity contribution in [2.45, 2.75) is 13.5 Å². The molecule has 1 heterocycles. The topological polar surface area (TPSA) is 71.2 Å². The highest BCUT2D eigenvalue weighted by molar-refractivity contribution is 6.05. The predicted molar refractivity (Wildman–Crippen MR) is 90.3 cm³/mol. The monoisotopic (exact) mass is 344 g/mol. The van der Waals surface area contributed by atoms with Gasteiger partial charge in [0.05, 0.1) is 5.69 Å².